The third kappa shape index (κ3) is 6.64. The van der Waals surface area contributed by atoms with Crippen LogP contribution in [0.3, 0.4) is 0 Å². The van der Waals surface area contributed by atoms with Crippen LogP contribution < -0.4 is 0 Å². The Balaban J connectivity index is 2.39. The van der Waals surface area contributed by atoms with E-state index in [0.717, 1.165) is 5.41 Å². The van der Waals surface area contributed by atoms with Crippen molar-refractivity contribution in [1.82, 2.24) is 0 Å². The van der Waals surface area contributed by atoms with Crippen molar-refractivity contribution in [3.05, 3.63) is 0 Å². The van der Waals surface area contributed by atoms with Crippen molar-refractivity contribution in [1.29, 1.82) is 0 Å². The molecule has 1 aliphatic carbocycles. The fraction of sp³-hybridized carbons (Fsp3) is 1.00. The molecule has 0 radical (unpaired) electrons. The average molecular weight is 281 g/mol. The van der Waals surface area contributed by atoms with Crippen molar-refractivity contribution in [2.75, 3.05) is 0 Å². The van der Waals surface area contributed by atoms with Crippen LogP contribution >= 0.6 is 0 Å². The summed E-state index contributed by atoms with van der Waals surface area (Å²) in [5.41, 5.74) is 1.35. The molecule has 0 spiro atoms. The summed E-state index contributed by atoms with van der Waals surface area (Å²) in [5.74, 6) is 0. The van der Waals surface area contributed by atoms with Crippen molar-refractivity contribution in [3.63, 3.8) is 0 Å². The molecule has 0 bridgehead atoms. The maximum Gasteiger partial charge on any atom is -0.0297 e. The van der Waals surface area contributed by atoms with Gasteiger partial charge in [0.1, 0.15) is 0 Å². The Morgan fingerprint density at radius 3 is 1.60 bits per heavy atom. The molecular weight excluding hydrogens is 240 g/mol. The molecule has 1 aliphatic rings. The van der Waals surface area contributed by atoms with Crippen LogP contribution in [0.25, 0.3) is 0 Å². The fourth-order valence-corrected chi connectivity index (χ4v) is 3.94. The van der Waals surface area contributed by atoms with Crippen LogP contribution in [0.5, 0.6) is 0 Å². The Labute approximate surface area is 129 Å². The maximum atomic E-state index is 2.48. The molecule has 0 aliphatic heterocycles. The van der Waals surface area contributed by atoms with Gasteiger partial charge in [-0.15, -0.1) is 0 Å². The second-order valence-corrected chi connectivity index (χ2v) is 8.29. The molecule has 0 heterocycles. The van der Waals surface area contributed by atoms with Crippen molar-refractivity contribution in [2.45, 2.75) is 118 Å². The minimum Gasteiger partial charge on any atom is -0.0654 e. The lowest BCUT2D eigenvalue weighted by atomic mass is 9.61. The average Bonchev–Trinajstić information content (AvgIpc) is 2.42. The molecule has 0 nitrogen and oxygen atoms in total. The first-order valence-electron chi connectivity index (χ1n) is 9.54. The van der Waals surface area contributed by atoms with E-state index >= 15 is 0 Å². The molecule has 20 heavy (non-hydrogen) atoms. The molecule has 1 rings (SSSR count). The Bertz CT molecular complexity index is 228. The van der Waals surface area contributed by atoms with E-state index < -0.39 is 0 Å². The van der Waals surface area contributed by atoms with Gasteiger partial charge in [-0.2, -0.15) is 0 Å². The number of rotatable bonds is 10. The van der Waals surface area contributed by atoms with Gasteiger partial charge in [-0.3, -0.25) is 0 Å². The smallest absolute Gasteiger partial charge is 0.0297 e. The normalized spacial score (nSPS) is 21.0. The SMILES string of the molecule is CCCCCCCC1(CCCCC)CCC(C)(C)CC1. The zero-order valence-corrected chi connectivity index (χ0v) is 14.9. The highest BCUT2D eigenvalue weighted by molar-refractivity contribution is 4.89. The minimum absolute atomic E-state index is 0.621. The largest absolute Gasteiger partial charge is 0.0654 e. The highest BCUT2D eigenvalue weighted by Gasteiger charge is 2.37. The fourth-order valence-electron chi connectivity index (χ4n) is 3.94. The van der Waals surface area contributed by atoms with E-state index in [-0.39, 0.29) is 0 Å². The Hall–Kier alpha value is 0. The molecule has 0 aromatic carbocycles. The predicted octanol–water partition coefficient (Wildman–Crippen LogP) is 7.51. The van der Waals surface area contributed by atoms with Gasteiger partial charge < -0.3 is 0 Å². The van der Waals surface area contributed by atoms with Gasteiger partial charge in [0.2, 0.25) is 0 Å². The van der Waals surface area contributed by atoms with Crippen LogP contribution in [-0.4, -0.2) is 0 Å². The highest BCUT2D eigenvalue weighted by atomic mass is 14.4. The second-order valence-electron chi connectivity index (χ2n) is 8.29. The van der Waals surface area contributed by atoms with Crippen LogP contribution in [0, 0.1) is 10.8 Å². The summed E-state index contributed by atoms with van der Waals surface area (Å²) >= 11 is 0. The summed E-state index contributed by atoms with van der Waals surface area (Å²) in [6, 6.07) is 0. The van der Waals surface area contributed by atoms with Crippen LogP contribution in [0.1, 0.15) is 118 Å². The van der Waals surface area contributed by atoms with Crippen molar-refractivity contribution in [2.24, 2.45) is 10.8 Å². The summed E-state index contributed by atoms with van der Waals surface area (Å²) in [6.45, 7) is 9.60. The monoisotopic (exact) mass is 280 g/mol. The lowest BCUT2D eigenvalue weighted by molar-refractivity contribution is 0.0783. The molecule has 0 unspecified atom stereocenters. The topological polar surface area (TPSA) is 0 Å². The second kappa shape index (κ2) is 9.11. The summed E-state index contributed by atoms with van der Waals surface area (Å²) in [4.78, 5) is 0. The zero-order chi connectivity index (χ0) is 14.9. The van der Waals surface area contributed by atoms with E-state index in [1.165, 1.54) is 89.9 Å². The van der Waals surface area contributed by atoms with E-state index in [0.29, 0.717) is 5.41 Å². The van der Waals surface area contributed by atoms with E-state index in [4.69, 9.17) is 0 Å². The molecule has 0 atom stereocenters. The molecule has 1 fully saturated rings. The molecule has 0 aromatic rings. The van der Waals surface area contributed by atoms with Crippen LogP contribution in [0.2, 0.25) is 0 Å². The van der Waals surface area contributed by atoms with Crippen LogP contribution in [-0.2, 0) is 0 Å². The first-order chi connectivity index (χ1) is 9.54. The molecule has 0 heteroatoms. The predicted molar refractivity (Wildman–Crippen MR) is 92.2 cm³/mol. The van der Waals surface area contributed by atoms with Crippen molar-refractivity contribution >= 4 is 0 Å². The van der Waals surface area contributed by atoms with Gasteiger partial charge >= 0.3 is 0 Å². The van der Waals surface area contributed by atoms with Gasteiger partial charge in [-0.25, -0.2) is 0 Å². The van der Waals surface area contributed by atoms with Gasteiger partial charge in [0.05, 0.1) is 0 Å². The van der Waals surface area contributed by atoms with Gasteiger partial charge in [0.15, 0.2) is 0 Å². The van der Waals surface area contributed by atoms with E-state index in [1.54, 1.807) is 0 Å². The number of hydrogen-bond donors (Lipinski definition) is 0. The Morgan fingerprint density at radius 1 is 0.600 bits per heavy atom. The lowest BCUT2D eigenvalue weighted by Gasteiger charge is -2.44. The lowest BCUT2D eigenvalue weighted by Crippen LogP contribution is -2.31. The standard InChI is InChI=1S/C20H40/c1-5-7-9-10-12-14-20(13-11-8-6-2)17-15-19(3,4)16-18-20/h5-18H2,1-4H3. The van der Waals surface area contributed by atoms with E-state index in [2.05, 4.69) is 27.7 Å². The van der Waals surface area contributed by atoms with Crippen molar-refractivity contribution < 1.29 is 0 Å². The minimum atomic E-state index is 0.621. The van der Waals surface area contributed by atoms with E-state index in [9.17, 15) is 0 Å². The summed E-state index contributed by atoms with van der Waals surface area (Å²) in [5, 5.41) is 0. The zero-order valence-electron chi connectivity index (χ0n) is 14.9. The van der Waals surface area contributed by atoms with Crippen molar-refractivity contribution in [3.8, 4) is 0 Å². The third-order valence-corrected chi connectivity index (χ3v) is 5.79. The molecule has 1 saturated carbocycles. The Kier molecular flexibility index (Phi) is 8.22. The van der Waals surface area contributed by atoms with Gasteiger partial charge in [0, 0.05) is 0 Å². The van der Waals surface area contributed by atoms with Crippen LogP contribution in [0.15, 0.2) is 0 Å². The first-order valence-corrected chi connectivity index (χ1v) is 9.54. The van der Waals surface area contributed by atoms with Crippen LogP contribution in [0.4, 0.5) is 0 Å². The first kappa shape index (κ1) is 18.1. The number of unbranched alkanes of at least 4 members (excludes halogenated alkanes) is 6. The molecule has 0 N–H and O–H groups in total. The number of hydrogen-bond acceptors (Lipinski definition) is 0. The molecule has 0 amide bonds. The summed E-state index contributed by atoms with van der Waals surface area (Å²) in [6.07, 6.45) is 20.5. The summed E-state index contributed by atoms with van der Waals surface area (Å²) in [7, 11) is 0. The molecule has 0 saturated heterocycles. The molecular formula is C20H40. The van der Waals surface area contributed by atoms with Gasteiger partial charge in [0.25, 0.3) is 0 Å². The molecule has 120 valence electrons. The Morgan fingerprint density at radius 2 is 1.05 bits per heavy atom. The summed E-state index contributed by atoms with van der Waals surface area (Å²) < 4.78 is 0. The van der Waals surface area contributed by atoms with Gasteiger partial charge in [-0.1, -0.05) is 79.1 Å². The quantitative estimate of drug-likeness (QED) is 0.363. The molecule has 0 aromatic heterocycles. The van der Waals surface area contributed by atoms with Gasteiger partial charge in [-0.05, 0) is 49.4 Å². The van der Waals surface area contributed by atoms with E-state index in [1.807, 2.05) is 0 Å². The maximum absolute atomic E-state index is 2.48. The highest BCUT2D eigenvalue weighted by Crippen LogP contribution is 2.50. The third-order valence-electron chi connectivity index (χ3n) is 5.79.